The molecule has 0 spiro atoms. The average Bonchev–Trinajstić information content (AvgIpc) is 3.22. The molecule has 9 nitrogen and oxygen atoms in total. The third kappa shape index (κ3) is 7.11. The summed E-state index contributed by atoms with van der Waals surface area (Å²) in [5.41, 5.74) is 1.65. The number of likely N-dealkylation sites (N-methyl/N-ethyl adjacent to an activating group) is 1. The van der Waals surface area contributed by atoms with E-state index in [1.54, 1.807) is 68.8 Å². The summed E-state index contributed by atoms with van der Waals surface area (Å²) < 4.78 is 7.26. The Morgan fingerprint density at radius 2 is 1.64 bits per heavy atom. The fourth-order valence-electron chi connectivity index (χ4n) is 2.64. The molecule has 10 heteroatoms. The van der Waals surface area contributed by atoms with Gasteiger partial charge in [0.05, 0.1) is 5.75 Å². The Labute approximate surface area is 196 Å². The van der Waals surface area contributed by atoms with Gasteiger partial charge in [0.25, 0.3) is 11.8 Å². The summed E-state index contributed by atoms with van der Waals surface area (Å²) in [5, 5.41) is 6.37. The topological polar surface area (TPSA) is 106 Å². The highest BCUT2D eigenvalue weighted by atomic mass is 32.2. The van der Waals surface area contributed by atoms with Crippen LogP contribution in [0.25, 0.3) is 0 Å². The molecule has 0 saturated carbocycles. The number of anilines is 2. The number of aryl methyl sites for hydroxylation is 1. The molecular formula is C23H25N5O4S. The van der Waals surface area contributed by atoms with Crippen molar-refractivity contribution in [2.45, 2.75) is 5.16 Å². The van der Waals surface area contributed by atoms with Crippen molar-refractivity contribution in [3.05, 3.63) is 66.5 Å². The Hall–Kier alpha value is -3.79. The number of nitrogens with one attached hydrogen (secondary N) is 2. The number of imidazole rings is 1. The Kier molecular flexibility index (Phi) is 8.09. The number of nitrogens with zero attached hydrogens (tertiary/aromatic N) is 3. The molecule has 0 radical (unpaired) electrons. The molecule has 1 aromatic heterocycles. The summed E-state index contributed by atoms with van der Waals surface area (Å²) in [6, 6.07) is 13.4. The van der Waals surface area contributed by atoms with Crippen LogP contribution in [0.2, 0.25) is 0 Å². The second kappa shape index (κ2) is 11.2. The number of hydrogen-bond donors (Lipinski definition) is 2. The highest BCUT2D eigenvalue weighted by Crippen LogP contribution is 2.18. The Bertz CT molecular complexity index is 1110. The molecule has 0 bridgehead atoms. The van der Waals surface area contributed by atoms with Crippen molar-refractivity contribution >= 4 is 40.9 Å². The van der Waals surface area contributed by atoms with Gasteiger partial charge in [0.15, 0.2) is 11.8 Å². The van der Waals surface area contributed by atoms with Gasteiger partial charge in [0.2, 0.25) is 5.91 Å². The zero-order chi connectivity index (χ0) is 23.8. The Morgan fingerprint density at radius 3 is 2.24 bits per heavy atom. The van der Waals surface area contributed by atoms with Crippen LogP contribution in [-0.2, 0) is 16.6 Å². The molecule has 0 fully saturated rings. The van der Waals surface area contributed by atoms with E-state index in [0.29, 0.717) is 22.7 Å². The minimum absolute atomic E-state index is 0.0523. The molecule has 0 saturated heterocycles. The minimum atomic E-state index is -0.283. The lowest BCUT2D eigenvalue weighted by molar-refractivity contribution is -0.130. The van der Waals surface area contributed by atoms with Crippen LogP contribution in [0, 0.1) is 0 Å². The van der Waals surface area contributed by atoms with Crippen molar-refractivity contribution in [2.75, 3.05) is 37.1 Å². The summed E-state index contributed by atoms with van der Waals surface area (Å²) in [6.07, 6.45) is 3.50. The summed E-state index contributed by atoms with van der Waals surface area (Å²) in [6.45, 7) is -0.0523. The maximum Gasteiger partial charge on any atom is 0.259 e. The largest absolute Gasteiger partial charge is 0.484 e. The van der Waals surface area contributed by atoms with Crippen LogP contribution in [-0.4, -0.2) is 58.6 Å². The van der Waals surface area contributed by atoms with E-state index >= 15 is 0 Å². The quantitative estimate of drug-likeness (QED) is 0.469. The molecule has 2 N–H and O–H groups in total. The van der Waals surface area contributed by atoms with Gasteiger partial charge in [0, 0.05) is 50.5 Å². The van der Waals surface area contributed by atoms with E-state index in [1.807, 2.05) is 17.8 Å². The maximum atomic E-state index is 12.5. The predicted molar refractivity (Wildman–Crippen MR) is 128 cm³/mol. The second-order valence-electron chi connectivity index (χ2n) is 7.29. The predicted octanol–water partition coefficient (Wildman–Crippen LogP) is 2.87. The van der Waals surface area contributed by atoms with Crippen LogP contribution in [0.15, 0.2) is 66.1 Å². The van der Waals surface area contributed by atoms with Gasteiger partial charge in [-0.15, -0.1) is 0 Å². The number of benzene rings is 2. The number of ether oxygens (including phenoxy) is 1. The third-order valence-corrected chi connectivity index (χ3v) is 5.57. The lowest BCUT2D eigenvalue weighted by Gasteiger charge is -2.12. The van der Waals surface area contributed by atoms with Crippen LogP contribution < -0.4 is 15.4 Å². The van der Waals surface area contributed by atoms with Crippen LogP contribution >= 0.6 is 11.8 Å². The smallest absolute Gasteiger partial charge is 0.259 e. The van der Waals surface area contributed by atoms with Gasteiger partial charge in [-0.1, -0.05) is 11.8 Å². The van der Waals surface area contributed by atoms with Gasteiger partial charge >= 0.3 is 0 Å². The Balaban J connectivity index is 1.48. The zero-order valence-electron chi connectivity index (χ0n) is 18.6. The van der Waals surface area contributed by atoms with Crippen molar-refractivity contribution in [3.8, 4) is 5.75 Å². The molecule has 33 heavy (non-hydrogen) atoms. The van der Waals surface area contributed by atoms with Crippen LogP contribution in [0.3, 0.4) is 0 Å². The molecular weight excluding hydrogens is 442 g/mol. The van der Waals surface area contributed by atoms with E-state index < -0.39 is 0 Å². The van der Waals surface area contributed by atoms with Crippen molar-refractivity contribution in [2.24, 2.45) is 7.05 Å². The van der Waals surface area contributed by atoms with Gasteiger partial charge < -0.3 is 24.8 Å². The van der Waals surface area contributed by atoms with E-state index in [4.69, 9.17) is 4.74 Å². The number of aromatic nitrogens is 2. The van der Waals surface area contributed by atoms with E-state index in [1.165, 1.54) is 16.7 Å². The van der Waals surface area contributed by atoms with E-state index in [0.717, 1.165) is 5.16 Å². The van der Waals surface area contributed by atoms with Crippen molar-refractivity contribution in [3.63, 3.8) is 0 Å². The van der Waals surface area contributed by atoms with E-state index in [-0.39, 0.29) is 30.1 Å². The number of thioether (sulfide) groups is 1. The summed E-state index contributed by atoms with van der Waals surface area (Å²) in [7, 11) is 5.19. The third-order valence-electron chi connectivity index (χ3n) is 4.51. The summed E-state index contributed by atoms with van der Waals surface area (Å²) >= 11 is 1.34. The Morgan fingerprint density at radius 1 is 1.00 bits per heavy atom. The maximum absolute atomic E-state index is 12.5. The first-order valence-corrected chi connectivity index (χ1v) is 11.0. The van der Waals surface area contributed by atoms with Crippen molar-refractivity contribution < 1.29 is 19.1 Å². The summed E-state index contributed by atoms with van der Waals surface area (Å²) in [5.74, 6) is 0.184. The van der Waals surface area contributed by atoms with Crippen LogP contribution in [0.1, 0.15) is 10.4 Å². The molecule has 3 rings (SSSR count). The van der Waals surface area contributed by atoms with Gasteiger partial charge in [-0.25, -0.2) is 4.98 Å². The first-order valence-electron chi connectivity index (χ1n) is 10.1. The molecule has 0 atom stereocenters. The van der Waals surface area contributed by atoms with Crippen LogP contribution in [0.5, 0.6) is 5.75 Å². The molecule has 172 valence electrons. The number of amides is 3. The van der Waals surface area contributed by atoms with Gasteiger partial charge in [0.1, 0.15) is 5.75 Å². The highest BCUT2D eigenvalue weighted by Gasteiger charge is 2.10. The molecule has 2 aromatic carbocycles. The van der Waals surface area contributed by atoms with Gasteiger partial charge in [-0.05, 0) is 48.5 Å². The molecule has 1 heterocycles. The molecule has 0 unspecified atom stereocenters. The zero-order valence-corrected chi connectivity index (χ0v) is 19.4. The molecule has 3 amide bonds. The SMILES string of the molecule is CN(C)C(=O)COc1ccc(NC(=O)c2ccc(NC(=O)CSc3nccn3C)cc2)cc1. The number of rotatable bonds is 9. The molecule has 3 aromatic rings. The second-order valence-corrected chi connectivity index (χ2v) is 8.23. The number of hydrogen-bond acceptors (Lipinski definition) is 6. The standard InChI is InChI=1S/C23H25N5O4S/c1-27(2)21(30)14-32-19-10-8-18(9-11-19)26-22(31)16-4-6-17(7-5-16)25-20(29)15-33-23-24-12-13-28(23)3/h4-13H,14-15H2,1-3H3,(H,25,29)(H,26,31). The fraction of sp³-hybridized carbons (Fsp3) is 0.217. The number of carbonyl (C=O) groups excluding carboxylic acids is 3. The first-order chi connectivity index (χ1) is 15.8. The van der Waals surface area contributed by atoms with E-state index in [9.17, 15) is 14.4 Å². The van der Waals surface area contributed by atoms with E-state index in [2.05, 4.69) is 15.6 Å². The van der Waals surface area contributed by atoms with Crippen LogP contribution in [0.4, 0.5) is 11.4 Å². The minimum Gasteiger partial charge on any atom is -0.484 e. The highest BCUT2D eigenvalue weighted by molar-refractivity contribution is 7.99. The number of carbonyl (C=O) groups is 3. The van der Waals surface area contributed by atoms with Gasteiger partial charge in [-0.2, -0.15) is 0 Å². The molecule has 0 aliphatic rings. The molecule has 0 aliphatic heterocycles. The normalized spacial score (nSPS) is 10.4. The van der Waals surface area contributed by atoms with Gasteiger partial charge in [-0.3, -0.25) is 14.4 Å². The summed E-state index contributed by atoms with van der Waals surface area (Å²) in [4.78, 5) is 41.8. The van der Waals surface area contributed by atoms with Crippen molar-refractivity contribution in [1.82, 2.24) is 14.5 Å². The lowest BCUT2D eigenvalue weighted by Crippen LogP contribution is -2.27. The average molecular weight is 468 g/mol. The molecule has 0 aliphatic carbocycles. The first kappa shape index (κ1) is 23.9. The monoisotopic (exact) mass is 467 g/mol. The lowest BCUT2D eigenvalue weighted by atomic mass is 10.2. The van der Waals surface area contributed by atoms with Crippen molar-refractivity contribution in [1.29, 1.82) is 0 Å². The fourth-order valence-corrected chi connectivity index (χ4v) is 3.37.